The Labute approximate surface area is 191 Å². The normalized spacial score (nSPS) is 11.1. The average molecular weight is 443 g/mol. The Kier molecular flexibility index (Phi) is 5.83. The monoisotopic (exact) mass is 442 g/mol. The molecule has 0 unspecified atom stereocenters. The van der Waals surface area contributed by atoms with E-state index in [0.717, 1.165) is 11.1 Å². The van der Waals surface area contributed by atoms with E-state index in [0.29, 0.717) is 33.5 Å². The number of aryl methyl sites for hydroxylation is 2. The second-order valence-corrected chi connectivity index (χ2v) is 8.29. The maximum absolute atomic E-state index is 13.4. The molecule has 0 aliphatic heterocycles. The van der Waals surface area contributed by atoms with Crippen LogP contribution in [0.15, 0.2) is 55.0 Å². The van der Waals surface area contributed by atoms with E-state index in [1.807, 2.05) is 50.5 Å². The molecular weight excluding hydrogens is 416 g/mol. The van der Waals surface area contributed by atoms with Crippen molar-refractivity contribution in [2.75, 3.05) is 16.4 Å². The first kappa shape index (κ1) is 22.0. The number of hydrogen-bond acceptors (Lipinski definition) is 5. The number of nitrogen functional groups attached to an aromatic ring is 1. The van der Waals surface area contributed by atoms with Crippen LogP contribution >= 0.6 is 0 Å². The van der Waals surface area contributed by atoms with E-state index in [2.05, 4.69) is 20.6 Å². The van der Waals surface area contributed by atoms with Crippen molar-refractivity contribution in [3.05, 3.63) is 77.2 Å². The fraction of sp³-hybridized carbons (Fsp3) is 0.200. The minimum Gasteiger partial charge on any atom is -0.383 e. The van der Waals surface area contributed by atoms with Gasteiger partial charge < -0.3 is 20.9 Å². The quantitative estimate of drug-likeness (QED) is 0.373. The Hall–Kier alpha value is -4.20. The number of rotatable bonds is 5. The lowest BCUT2D eigenvalue weighted by molar-refractivity contribution is 0.104. The third-order valence-corrected chi connectivity index (χ3v) is 5.59. The lowest BCUT2D eigenvalue weighted by Gasteiger charge is -2.10. The summed E-state index contributed by atoms with van der Waals surface area (Å²) in [4.78, 5) is 34.3. The van der Waals surface area contributed by atoms with Crippen molar-refractivity contribution in [2.45, 2.75) is 33.7 Å². The standard InChI is InChI=1S/C25H26N6O2/c1-14(2)31-12-20(21-23(26)27-13-28-24(21)31)22(32)17-6-5-7-18(11-17)29-25(33)30-19-9-8-15(3)16(4)10-19/h5-14H,1-4H3,(H2,26,27,28)(H2,29,30,33). The lowest BCUT2D eigenvalue weighted by Crippen LogP contribution is -2.19. The number of nitrogens with zero attached hydrogens (tertiary/aromatic N) is 3. The molecule has 8 nitrogen and oxygen atoms in total. The number of carbonyl (C=O) groups excluding carboxylic acids is 2. The number of hydrogen-bond donors (Lipinski definition) is 3. The second kappa shape index (κ2) is 8.74. The highest BCUT2D eigenvalue weighted by Gasteiger charge is 2.21. The van der Waals surface area contributed by atoms with Gasteiger partial charge in [0, 0.05) is 29.2 Å². The predicted octanol–water partition coefficient (Wildman–Crippen LogP) is 5.09. The summed E-state index contributed by atoms with van der Waals surface area (Å²) in [5.74, 6) is 0.0314. The van der Waals surface area contributed by atoms with E-state index < -0.39 is 6.03 Å². The third kappa shape index (κ3) is 4.41. The summed E-state index contributed by atoms with van der Waals surface area (Å²) in [5.41, 5.74) is 11.0. The zero-order valence-corrected chi connectivity index (χ0v) is 19.0. The van der Waals surface area contributed by atoms with Gasteiger partial charge in [0.05, 0.1) is 10.9 Å². The van der Waals surface area contributed by atoms with E-state index >= 15 is 0 Å². The Morgan fingerprint density at radius 3 is 2.39 bits per heavy atom. The minimum absolute atomic E-state index is 0.0884. The number of amides is 2. The molecule has 0 saturated carbocycles. The molecule has 0 aliphatic carbocycles. The number of aromatic nitrogens is 3. The number of anilines is 3. The van der Waals surface area contributed by atoms with Gasteiger partial charge in [0.15, 0.2) is 5.78 Å². The van der Waals surface area contributed by atoms with Gasteiger partial charge in [-0.2, -0.15) is 0 Å². The van der Waals surface area contributed by atoms with E-state index in [4.69, 9.17) is 5.73 Å². The first-order valence-corrected chi connectivity index (χ1v) is 10.7. The van der Waals surface area contributed by atoms with Gasteiger partial charge in [-0.15, -0.1) is 0 Å². The number of nitrogens with two attached hydrogens (primary N) is 1. The maximum Gasteiger partial charge on any atom is 0.323 e. The van der Waals surface area contributed by atoms with Gasteiger partial charge in [-0.3, -0.25) is 4.79 Å². The zero-order valence-electron chi connectivity index (χ0n) is 19.0. The molecule has 4 rings (SSSR count). The van der Waals surface area contributed by atoms with Crippen LogP contribution in [-0.4, -0.2) is 26.3 Å². The SMILES string of the molecule is Cc1ccc(NC(=O)Nc2cccc(C(=O)c3cn(C(C)C)c4ncnc(N)c34)c2)cc1C. The molecule has 2 heterocycles. The first-order valence-electron chi connectivity index (χ1n) is 10.7. The molecule has 2 amide bonds. The van der Waals surface area contributed by atoms with Crippen LogP contribution in [-0.2, 0) is 0 Å². The Morgan fingerprint density at radius 1 is 0.970 bits per heavy atom. The highest BCUT2D eigenvalue weighted by molar-refractivity contribution is 6.18. The molecule has 168 valence electrons. The van der Waals surface area contributed by atoms with Crippen LogP contribution in [0.1, 0.15) is 46.9 Å². The molecule has 0 radical (unpaired) electrons. The summed E-state index contributed by atoms with van der Waals surface area (Å²) >= 11 is 0. The first-order chi connectivity index (χ1) is 15.7. The van der Waals surface area contributed by atoms with Crippen molar-refractivity contribution in [3.8, 4) is 0 Å². The second-order valence-electron chi connectivity index (χ2n) is 8.29. The van der Waals surface area contributed by atoms with E-state index in [9.17, 15) is 9.59 Å². The number of urea groups is 1. The van der Waals surface area contributed by atoms with Gasteiger partial charge >= 0.3 is 6.03 Å². The van der Waals surface area contributed by atoms with Crippen LogP contribution < -0.4 is 16.4 Å². The van der Waals surface area contributed by atoms with Crippen LogP contribution in [0.25, 0.3) is 11.0 Å². The number of benzene rings is 2. The number of ketones is 1. The fourth-order valence-electron chi connectivity index (χ4n) is 3.68. The van der Waals surface area contributed by atoms with Crippen LogP contribution in [0.3, 0.4) is 0 Å². The van der Waals surface area contributed by atoms with Crippen molar-refractivity contribution in [1.82, 2.24) is 14.5 Å². The van der Waals surface area contributed by atoms with Crippen molar-refractivity contribution >= 4 is 40.0 Å². The molecular formula is C25H26N6O2. The highest BCUT2D eigenvalue weighted by Crippen LogP contribution is 2.29. The van der Waals surface area contributed by atoms with E-state index in [1.165, 1.54) is 6.33 Å². The Balaban J connectivity index is 1.60. The van der Waals surface area contributed by atoms with Crippen LogP contribution in [0.5, 0.6) is 0 Å². The Bertz CT molecular complexity index is 1370. The van der Waals surface area contributed by atoms with Crippen molar-refractivity contribution in [1.29, 1.82) is 0 Å². The largest absolute Gasteiger partial charge is 0.383 e. The summed E-state index contributed by atoms with van der Waals surface area (Å²) in [5, 5.41) is 6.13. The molecule has 0 saturated heterocycles. The highest BCUT2D eigenvalue weighted by atomic mass is 16.2. The van der Waals surface area contributed by atoms with Crippen LogP contribution in [0.4, 0.5) is 22.0 Å². The summed E-state index contributed by atoms with van der Waals surface area (Å²) in [6.45, 7) is 8.01. The van der Waals surface area contributed by atoms with Crippen molar-refractivity contribution in [3.63, 3.8) is 0 Å². The lowest BCUT2D eigenvalue weighted by atomic mass is 10.0. The molecule has 4 N–H and O–H groups in total. The molecule has 4 aromatic rings. The van der Waals surface area contributed by atoms with E-state index in [1.54, 1.807) is 30.5 Å². The molecule has 0 fully saturated rings. The molecule has 0 bridgehead atoms. The smallest absolute Gasteiger partial charge is 0.323 e. The number of nitrogens with one attached hydrogen (secondary N) is 2. The molecule has 0 spiro atoms. The zero-order chi connectivity index (χ0) is 23.7. The van der Waals surface area contributed by atoms with Crippen molar-refractivity contribution < 1.29 is 9.59 Å². The predicted molar refractivity (Wildman–Crippen MR) is 131 cm³/mol. The molecule has 2 aromatic heterocycles. The van der Waals surface area contributed by atoms with Gasteiger partial charge in [-0.05, 0) is 63.1 Å². The van der Waals surface area contributed by atoms with Gasteiger partial charge in [0.2, 0.25) is 0 Å². The Morgan fingerprint density at radius 2 is 1.70 bits per heavy atom. The summed E-state index contributed by atoms with van der Waals surface area (Å²) < 4.78 is 1.90. The van der Waals surface area contributed by atoms with Crippen LogP contribution in [0, 0.1) is 13.8 Å². The van der Waals surface area contributed by atoms with Gasteiger partial charge in [0.25, 0.3) is 0 Å². The van der Waals surface area contributed by atoms with E-state index in [-0.39, 0.29) is 17.6 Å². The fourth-order valence-corrected chi connectivity index (χ4v) is 3.68. The third-order valence-electron chi connectivity index (χ3n) is 5.59. The van der Waals surface area contributed by atoms with Gasteiger partial charge in [-0.25, -0.2) is 14.8 Å². The molecule has 0 aliphatic rings. The topological polar surface area (TPSA) is 115 Å². The molecule has 0 atom stereocenters. The van der Waals surface area contributed by atoms with Crippen molar-refractivity contribution in [2.24, 2.45) is 0 Å². The number of carbonyl (C=O) groups is 2. The summed E-state index contributed by atoms with van der Waals surface area (Å²) in [7, 11) is 0. The van der Waals surface area contributed by atoms with Crippen LogP contribution in [0.2, 0.25) is 0 Å². The maximum atomic E-state index is 13.4. The average Bonchev–Trinajstić information content (AvgIpc) is 3.17. The summed E-state index contributed by atoms with van der Waals surface area (Å²) in [6, 6.07) is 12.2. The molecule has 8 heteroatoms. The van der Waals surface area contributed by atoms with Gasteiger partial charge in [-0.1, -0.05) is 18.2 Å². The minimum atomic E-state index is -0.392. The molecule has 33 heavy (non-hydrogen) atoms. The summed E-state index contributed by atoms with van der Waals surface area (Å²) in [6.07, 6.45) is 3.15. The molecule has 2 aromatic carbocycles. The van der Waals surface area contributed by atoms with Gasteiger partial charge in [0.1, 0.15) is 17.8 Å². The number of fused-ring (bicyclic) bond motifs is 1.